The van der Waals surface area contributed by atoms with E-state index < -0.39 is 0 Å². The number of rotatable bonds is 5. The average Bonchev–Trinajstić information content (AvgIpc) is 2.17. The van der Waals surface area contributed by atoms with Crippen molar-refractivity contribution in [3.63, 3.8) is 0 Å². The third-order valence-electron chi connectivity index (χ3n) is 2.23. The van der Waals surface area contributed by atoms with Gasteiger partial charge < -0.3 is 5.73 Å². The predicted octanol–water partition coefficient (Wildman–Crippen LogP) is 2.97. The highest BCUT2D eigenvalue weighted by Crippen LogP contribution is 2.19. The van der Waals surface area contributed by atoms with E-state index in [1.807, 2.05) is 11.8 Å². The molecular formula is C12H19NS. The molecule has 14 heavy (non-hydrogen) atoms. The normalized spacial score (nSPS) is 12.8. The molecule has 1 unspecified atom stereocenters. The number of hydrogen-bond acceptors (Lipinski definition) is 2. The van der Waals surface area contributed by atoms with Gasteiger partial charge >= 0.3 is 0 Å². The highest BCUT2D eigenvalue weighted by atomic mass is 32.2. The molecule has 0 fully saturated rings. The van der Waals surface area contributed by atoms with Crippen LogP contribution in [0.2, 0.25) is 0 Å². The Morgan fingerprint density at radius 3 is 2.50 bits per heavy atom. The van der Waals surface area contributed by atoms with Gasteiger partial charge in [-0.25, -0.2) is 0 Å². The summed E-state index contributed by atoms with van der Waals surface area (Å²) in [5.74, 6) is 1.10. The van der Waals surface area contributed by atoms with E-state index in [1.165, 1.54) is 11.1 Å². The average molecular weight is 209 g/mol. The van der Waals surface area contributed by atoms with Gasteiger partial charge in [-0.15, -0.1) is 0 Å². The Morgan fingerprint density at radius 1 is 1.29 bits per heavy atom. The first-order valence-electron chi connectivity index (χ1n) is 5.09. The van der Waals surface area contributed by atoms with E-state index in [2.05, 4.69) is 38.1 Å². The van der Waals surface area contributed by atoms with Gasteiger partial charge in [-0.05, 0) is 25.5 Å². The zero-order valence-corrected chi connectivity index (χ0v) is 9.81. The summed E-state index contributed by atoms with van der Waals surface area (Å²) in [5.41, 5.74) is 8.24. The number of benzene rings is 1. The third-order valence-corrected chi connectivity index (χ3v) is 3.53. The Kier molecular flexibility index (Phi) is 5.05. The molecule has 2 heteroatoms. The Balaban J connectivity index is 2.34. The number of hydrogen-bond donors (Lipinski definition) is 1. The zero-order chi connectivity index (χ0) is 10.4. The summed E-state index contributed by atoms with van der Waals surface area (Å²) in [6.07, 6.45) is 1.11. The Bertz CT molecular complexity index is 256. The highest BCUT2D eigenvalue weighted by Gasteiger charge is 2.01. The van der Waals surface area contributed by atoms with E-state index in [9.17, 15) is 0 Å². The van der Waals surface area contributed by atoms with Crippen molar-refractivity contribution in [3.05, 3.63) is 35.4 Å². The van der Waals surface area contributed by atoms with Gasteiger partial charge in [0.05, 0.1) is 0 Å². The number of aryl methyl sites for hydroxylation is 1. The molecule has 1 rings (SSSR count). The highest BCUT2D eigenvalue weighted by molar-refractivity contribution is 7.99. The second kappa shape index (κ2) is 6.10. The molecule has 0 bridgehead atoms. The summed E-state index contributed by atoms with van der Waals surface area (Å²) in [6.45, 7) is 5.15. The van der Waals surface area contributed by atoms with Crippen molar-refractivity contribution < 1.29 is 0 Å². The third kappa shape index (κ3) is 4.16. The largest absolute Gasteiger partial charge is 0.330 e. The maximum Gasteiger partial charge on any atom is 0.0187 e. The first-order chi connectivity index (χ1) is 6.72. The van der Waals surface area contributed by atoms with Crippen molar-refractivity contribution >= 4 is 11.8 Å². The fraction of sp³-hybridized carbons (Fsp3) is 0.500. The van der Waals surface area contributed by atoms with Crippen LogP contribution >= 0.6 is 11.8 Å². The smallest absolute Gasteiger partial charge is 0.0187 e. The van der Waals surface area contributed by atoms with Crippen molar-refractivity contribution in [1.82, 2.24) is 0 Å². The van der Waals surface area contributed by atoms with Crippen LogP contribution in [0.1, 0.15) is 24.5 Å². The van der Waals surface area contributed by atoms with E-state index in [-0.39, 0.29) is 0 Å². The standard InChI is InChI=1S/C12H19NS/c1-10-3-5-12(6-4-10)9-14-11(2)7-8-13/h3-6,11H,7-9,13H2,1-2H3. The topological polar surface area (TPSA) is 26.0 Å². The van der Waals surface area contributed by atoms with E-state index in [0.29, 0.717) is 5.25 Å². The molecule has 0 heterocycles. The summed E-state index contributed by atoms with van der Waals surface area (Å²) in [4.78, 5) is 0. The van der Waals surface area contributed by atoms with Gasteiger partial charge in [0.2, 0.25) is 0 Å². The quantitative estimate of drug-likeness (QED) is 0.807. The maximum absolute atomic E-state index is 5.50. The fourth-order valence-corrected chi connectivity index (χ4v) is 2.21. The van der Waals surface area contributed by atoms with Crippen molar-refractivity contribution in [3.8, 4) is 0 Å². The molecule has 0 saturated heterocycles. The molecule has 0 saturated carbocycles. The van der Waals surface area contributed by atoms with Gasteiger partial charge in [0.15, 0.2) is 0 Å². The minimum absolute atomic E-state index is 0.668. The lowest BCUT2D eigenvalue weighted by molar-refractivity contribution is 0.823. The molecule has 0 spiro atoms. The summed E-state index contributed by atoms with van der Waals surface area (Å²) < 4.78 is 0. The fourth-order valence-electron chi connectivity index (χ4n) is 1.24. The summed E-state index contributed by atoms with van der Waals surface area (Å²) >= 11 is 1.98. The van der Waals surface area contributed by atoms with Crippen LogP contribution in [0.25, 0.3) is 0 Å². The van der Waals surface area contributed by atoms with Crippen LogP contribution in [0.5, 0.6) is 0 Å². The van der Waals surface area contributed by atoms with Crippen molar-refractivity contribution in [2.45, 2.75) is 31.3 Å². The van der Waals surface area contributed by atoms with E-state index in [1.54, 1.807) is 0 Å². The van der Waals surface area contributed by atoms with Crippen molar-refractivity contribution in [2.75, 3.05) is 6.54 Å². The van der Waals surface area contributed by atoms with Crippen LogP contribution in [0.4, 0.5) is 0 Å². The molecule has 0 aliphatic rings. The lowest BCUT2D eigenvalue weighted by Gasteiger charge is -2.09. The molecule has 0 amide bonds. The van der Waals surface area contributed by atoms with Gasteiger partial charge in [0.25, 0.3) is 0 Å². The molecular weight excluding hydrogens is 190 g/mol. The molecule has 0 radical (unpaired) electrons. The Morgan fingerprint density at radius 2 is 1.93 bits per heavy atom. The maximum atomic E-state index is 5.50. The molecule has 1 aromatic rings. The summed E-state index contributed by atoms with van der Waals surface area (Å²) in [6, 6.07) is 8.75. The molecule has 1 aromatic carbocycles. The van der Waals surface area contributed by atoms with Gasteiger partial charge in [0.1, 0.15) is 0 Å². The number of nitrogens with two attached hydrogens (primary N) is 1. The molecule has 0 aliphatic heterocycles. The second-order valence-corrected chi connectivity index (χ2v) is 5.11. The molecule has 0 aliphatic carbocycles. The molecule has 2 N–H and O–H groups in total. The summed E-state index contributed by atoms with van der Waals surface area (Å²) in [5, 5.41) is 0.668. The van der Waals surface area contributed by atoms with Gasteiger partial charge in [-0.2, -0.15) is 11.8 Å². The van der Waals surface area contributed by atoms with Gasteiger partial charge in [0, 0.05) is 11.0 Å². The van der Waals surface area contributed by atoms with Gasteiger partial charge in [-0.1, -0.05) is 36.8 Å². The van der Waals surface area contributed by atoms with E-state index in [0.717, 1.165) is 18.7 Å². The van der Waals surface area contributed by atoms with Crippen LogP contribution in [0, 0.1) is 6.92 Å². The van der Waals surface area contributed by atoms with Crippen molar-refractivity contribution in [1.29, 1.82) is 0 Å². The second-order valence-electron chi connectivity index (χ2n) is 3.68. The SMILES string of the molecule is Cc1ccc(CSC(C)CCN)cc1. The molecule has 1 atom stereocenters. The Labute approximate surface area is 91.1 Å². The first-order valence-corrected chi connectivity index (χ1v) is 6.14. The lowest BCUT2D eigenvalue weighted by Crippen LogP contribution is -2.07. The minimum Gasteiger partial charge on any atom is -0.330 e. The van der Waals surface area contributed by atoms with Gasteiger partial charge in [-0.3, -0.25) is 0 Å². The predicted molar refractivity (Wildman–Crippen MR) is 65.6 cm³/mol. The van der Waals surface area contributed by atoms with Crippen LogP contribution in [0.15, 0.2) is 24.3 Å². The van der Waals surface area contributed by atoms with Crippen LogP contribution < -0.4 is 5.73 Å². The molecule has 0 aromatic heterocycles. The molecule has 1 nitrogen and oxygen atoms in total. The molecule has 78 valence electrons. The first kappa shape index (κ1) is 11.6. The minimum atomic E-state index is 0.668. The van der Waals surface area contributed by atoms with Crippen molar-refractivity contribution in [2.24, 2.45) is 5.73 Å². The van der Waals surface area contributed by atoms with Crippen LogP contribution in [-0.4, -0.2) is 11.8 Å². The number of thioether (sulfide) groups is 1. The van der Waals surface area contributed by atoms with Crippen LogP contribution in [-0.2, 0) is 5.75 Å². The Hall–Kier alpha value is -0.470. The van der Waals surface area contributed by atoms with Crippen LogP contribution in [0.3, 0.4) is 0 Å². The zero-order valence-electron chi connectivity index (χ0n) is 8.99. The monoisotopic (exact) mass is 209 g/mol. The van der Waals surface area contributed by atoms with E-state index in [4.69, 9.17) is 5.73 Å². The lowest BCUT2D eigenvalue weighted by atomic mass is 10.2. The summed E-state index contributed by atoms with van der Waals surface area (Å²) in [7, 11) is 0. The van der Waals surface area contributed by atoms with E-state index >= 15 is 0 Å².